The quantitative estimate of drug-likeness (QED) is 0.673. The molecular weight excluding hydrogens is 302 g/mol. The number of rotatable bonds is 3. The van der Waals surface area contributed by atoms with Crippen LogP contribution in [0, 0.1) is 6.92 Å². The van der Waals surface area contributed by atoms with E-state index in [4.69, 9.17) is 11.6 Å². The van der Waals surface area contributed by atoms with Crippen molar-refractivity contribution in [1.82, 2.24) is 19.9 Å². The monoisotopic (exact) mass is 319 g/mol. The molecule has 7 heteroatoms. The Hall–Kier alpha value is -2.08. The number of fused-ring (bicyclic) bond motifs is 1. The number of carbonyl (C=O) groups excluding carboxylic acids is 1. The summed E-state index contributed by atoms with van der Waals surface area (Å²) in [4.78, 5) is 25.2. The van der Waals surface area contributed by atoms with Gasteiger partial charge in [0, 0.05) is 25.3 Å². The van der Waals surface area contributed by atoms with Crippen LogP contribution in [-0.2, 0) is 4.79 Å². The standard InChI is InChI=1S/C15H18ClN5O/c1-3-11(22)21-6-4-5-10(8-21)18-14-12-9(2)7-17-13(12)19-15(16)20-14/h3,7,10H,1,4-6,8H2,2H3,(H2,17,18,19,20). The maximum atomic E-state index is 11.8. The maximum Gasteiger partial charge on any atom is 0.246 e. The molecule has 1 unspecified atom stereocenters. The first-order valence-electron chi connectivity index (χ1n) is 7.27. The van der Waals surface area contributed by atoms with Crippen LogP contribution in [0.25, 0.3) is 11.0 Å². The number of likely N-dealkylation sites (tertiary alicyclic amines) is 1. The summed E-state index contributed by atoms with van der Waals surface area (Å²) in [6.45, 7) is 6.95. The largest absolute Gasteiger partial charge is 0.365 e. The van der Waals surface area contributed by atoms with Crippen molar-refractivity contribution in [2.45, 2.75) is 25.8 Å². The van der Waals surface area contributed by atoms with Gasteiger partial charge in [0.1, 0.15) is 11.5 Å². The van der Waals surface area contributed by atoms with Crippen molar-refractivity contribution < 1.29 is 4.79 Å². The molecule has 1 aliphatic heterocycles. The van der Waals surface area contributed by atoms with Crippen LogP contribution in [0.4, 0.5) is 5.82 Å². The van der Waals surface area contributed by atoms with E-state index in [9.17, 15) is 4.79 Å². The Morgan fingerprint density at radius 2 is 2.41 bits per heavy atom. The number of aryl methyl sites for hydroxylation is 1. The van der Waals surface area contributed by atoms with Gasteiger partial charge in [-0.3, -0.25) is 4.79 Å². The Labute approximate surface area is 133 Å². The number of carbonyl (C=O) groups is 1. The molecule has 1 saturated heterocycles. The average Bonchev–Trinajstić information content (AvgIpc) is 2.88. The number of H-pyrrole nitrogens is 1. The van der Waals surface area contributed by atoms with Crippen molar-refractivity contribution >= 4 is 34.4 Å². The minimum absolute atomic E-state index is 0.0322. The zero-order valence-electron chi connectivity index (χ0n) is 12.4. The number of amides is 1. The number of nitrogens with one attached hydrogen (secondary N) is 2. The van der Waals surface area contributed by atoms with Gasteiger partial charge in [0.2, 0.25) is 11.2 Å². The highest BCUT2D eigenvalue weighted by molar-refractivity contribution is 6.28. The number of aromatic nitrogens is 3. The van der Waals surface area contributed by atoms with Gasteiger partial charge >= 0.3 is 0 Å². The Kier molecular flexibility index (Phi) is 4.02. The second kappa shape index (κ2) is 5.96. The molecule has 0 radical (unpaired) electrons. The molecule has 2 aromatic heterocycles. The zero-order valence-corrected chi connectivity index (χ0v) is 13.2. The Bertz CT molecular complexity index is 726. The molecule has 0 aromatic carbocycles. The zero-order chi connectivity index (χ0) is 15.7. The van der Waals surface area contributed by atoms with Gasteiger partial charge in [-0.2, -0.15) is 4.98 Å². The van der Waals surface area contributed by atoms with E-state index in [2.05, 4.69) is 26.8 Å². The molecule has 0 bridgehead atoms. The fraction of sp³-hybridized carbons (Fsp3) is 0.400. The molecule has 3 rings (SSSR count). The second-order valence-corrected chi connectivity index (χ2v) is 5.85. The topological polar surface area (TPSA) is 73.9 Å². The number of piperidine rings is 1. The van der Waals surface area contributed by atoms with Gasteiger partial charge in [-0.25, -0.2) is 4.98 Å². The van der Waals surface area contributed by atoms with Crippen LogP contribution >= 0.6 is 11.6 Å². The van der Waals surface area contributed by atoms with Gasteiger partial charge < -0.3 is 15.2 Å². The third-order valence-electron chi connectivity index (χ3n) is 3.95. The van der Waals surface area contributed by atoms with Crippen LogP contribution in [0.5, 0.6) is 0 Å². The number of hydrogen-bond donors (Lipinski definition) is 2. The lowest BCUT2D eigenvalue weighted by Gasteiger charge is -2.33. The summed E-state index contributed by atoms with van der Waals surface area (Å²) in [6.07, 6.45) is 5.17. The molecule has 6 nitrogen and oxygen atoms in total. The van der Waals surface area contributed by atoms with Gasteiger partial charge in [0.25, 0.3) is 0 Å². The lowest BCUT2D eigenvalue weighted by molar-refractivity contribution is -0.127. The summed E-state index contributed by atoms with van der Waals surface area (Å²) < 4.78 is 0. The third-order valence-corrected chi connectivity index (χ3v) is 4.12. The summed E-state index contributed by atoms with van der Waals surface area (Å²) in [7, 11) is 0. The summed E-state index contributed by atoms with van der Waals surface area (Å²) >= 11 is 5.99. The number of halogens is 1. The van der Waals surface area contributed by atoms with E-state index in [0.29, 0.717) is 12.4 Å². The van der Waals surface area contributed by atoms with Gasteiger partial charge in [0.05, 0.1) is 5.39 Å². The molecule has 1 aliphatic rings. The molecule has 1 amide bonds. The SMILES string of the molecule is C=CC(=O)N1CCCC(Nc2nc(Cl)nc3[nH]cc(C)c23)C1. The first-order valence-corrected chi connectivity index (χ1v) is 7.65. The molecule has 0 aliphatic carbocycles. The number of nitrogens with zero attached hydrogens (tertiary/aromatic N) is 3. The molecule has 22 heavy (non-hydrogen) atoms. The van der Waals surface area contributed by atoms with Crippen LogP contribution in [0.15, 0.2) is 18.9 Å². The molecule has 3 heterocycles. The van der Waals surface area contributed by atoms with E-state index in [1.165, 1.54) is 6.08 Å². The van der Waals surface area contributed by atoms with Crippen LogP contribution in [0.2, 0.25) is 5.28 Å². The van der Waals surface area contributed by atoms with Gasteiger partial charge in [-0.1, -0.05) is 6.58 Å². The molecule has 0 spiro atoms. The molecule has 116 valence electrons. The van der Waals surface area contributed by atoms with Crippen molar-refractivity contribution in [2.75, 3.05) is 18.4 Å². The van der Waals surface area contributed by atoms with E-state index in [0.717, 1.165) is 36.0 Å². The molecule has 2 aromatic rings. The first kappa shape index (κ1) is 14.8. The van der Waals surface area contributed by atoms with E-state index in [1.54, 1.807) is 4.90 Å². The first-order chi connectivity index (χ1) is 10.6. The van der Waals surface area contributed by atoms with Crippen LogP contribution in [0.3, 0.4) is 0 Å². The van der Waals surface area contributed by atoms with Crippen molar-refractivity contribution in [1.29, 1.82) is 0 Å². The fourth-order valence-corrected chi connectivity index (χ4v) is 3.05. The smallest absolute Gasteiger partial charge is 0.246 e. The van der Waals surface area contributed by atoms with Gasteiger partial charge in [-0.05, 0) is 43.0 Å². The normalized spacial score (nSPS) is 18.5. The van der Waals surface area contributed by atoms with Gasteiger partial charge in [0.15, 0.2) is 0 Å². The highest BCUT2D eigenvalue weighted by atomic mass is 35.5. The molecule has 1 fully saturated rings. The fourth-order valence-electron chi connectivity index (χ4n) is 2.88. The minimum Gasteiger partial charge on any atom is -0.365 e. The molecular formula is C15H18ClN5O. The van der Waals surface area contributed by atoms with E-state index < -0.39 is 0 Å². The molecule has 1 atom stereocenters. The van der Waals surface area contributed by atoms with E-state index >= 15 is 0 Å². The molecule has 2 N–H and O–H groups in total. The number of aromatic amines is 1. The predicted octanol–water partition coefficient (Wildman–Crippen LogP) is 2.51. The predicted molar refractivity (Wildman–Crippen MR) is 87.1 cm³/mol. The Morgan fingerprint density at radius 1 is 1.59 bits per heavy atom. The minimum atomic E-state index is -0.0322. The maximum absolute atomic E-state index is 11.8. The third kappa shape index (κ3) is 2.78. The van der Waals surface area contributed by atoms with Crippen LogP contribution < -0.4 is 5.32 Å². The Balaban J connectivity index is 1.85. The number of anilines is 1. The van der Waals surface area contributed by atoms with E-state index in [-0.39, 0.29) is 17.2 Å². The lowest BCUT2D eigenvalue weighted by atomic mass is 10.1. The summed E-state index contributed by atoms with van der Waals surface area (Å²) in [5, 5.41) is 4.56. The van der Waals surface area contributed by atoms with E-state index in [1.807, 2.05) is 13.1 Å². The van der Waals surface area contributed by atoms with Crippen LogP contribution in [0.1, 0.15) is 18.4 Å². The molecule has 0 saturated carbocycles. The second-order valence-electron chi connectivity index (χ2n) is 5.51. The van der Waals surface area contributed by atoms with Crippen molar-refractivity contribution in [3.05, 3.63) is 29.7 Å². The summed E-state index contributed by atoms with van der Waals surface area (Å²) in [5.41, 5.74) is 1.78. The van der Waals surface area contributed by atoms with Crippen molar-refractivity contribution in [3.63, 3.8) is 0 Å². The number of hydrogen-bond acceptors (Lipinski definition) is 4. The van der Waals surface area contributed by atoms with Crippen molar-refractivity contribution in [2.24, 2.45) is 0 Å². The average molecular weight is 320 g/mol. The van der Waals surface area contributed by atoms with Crippen LogP contribution in [-0.4, -0.2) is 44.9 Å². The van der Waals surface area contributed by atoms with Gasteiger partial charge in [-0.15, -0.1) is 0 Å². The highest BCUT2D eigenvalue weighted by Crippen LogP contribution is 2.26. The summed E-state index contributed by atoms with van der Waals surface area (Å²) in [6, 6.07) is 0.140. The summed E-state index contributed by atoms with van der Waals surface area (Å²) in [5.74, 6) is 0.682. The lowest BCUT2D eigenvalue weighted by Crippen LogP contribution is -2.44. The van der Waals surface area contributed by atoms with Crippen molar-refractivity contribution in [3.8, 4) is 0 Å². The highest BCUT2D eigenvalue weighted by Gasteiger charge is 2.23. The Morgan fingerprint density at radius 3 is 3.18 bits per heavy atom.